The van der Waals surface area contributed by atoms with Crippen LogP contribution in [0.3, 0.4) is 0 Å². The number of carbonyl (C=O) groups is 1. The van der Waals surface area contributed by atoms with E-state index in [9.17, 15) is 4.79 Å². The molecule has 124 valence electrons. The molecule has 0 bridgehead atoms. The molecule has 6 heteroatoms. The molecular weight excluding hydrogens is 302 g/mol. The van der Waals surface area contributed by atoms with E-state index in [1.165, 1.54) is 0 Å². The molecule has 3 aromatic rings. The van der Waals surface area contributed by atoms with E-state index in [0.717, 1.165) is 33.8 Å². The van der Waals surface area contributed by atoms with Crippen molar-refractivity contribution in [1.29, 1.82) is 0 Å². The summed E-state index contributed by atoms with van der Waals surface area (Å²) in [4.78, 5) is 21.5. The lowest BCUT2D eigenvalue weighted by Crippen LogP contribution is -2.34. The SMILES string of the molecule is Cc1cc(C[C@H](C)NC(=O)c2ccc3nc(C)c(C)nc3c2)n[nH]1. The monoisotopic (exact) mass is 323 g/mol. The van der Waals surface area contributed by atoms with Crippen molar-refractivity contribution in [3.05, 3.63) is 52.6 Å². The van der Waals surface area contributed by atoms with Crippen LogP contribution in [0.1, 0.15) is 40.1 Å². The quantitative estimate of drug-likeness (QED) is 0.773. The molecule has 3 rings (SSSR count). The Kier molecular flexibility index (Phi) is 4.29. The minimum Gasteiger partial charge on any atom is -0.349 e. The summed E-state index contributed by atoms with van der Waals surface area (Å²) in [6.45, 7) is 7.78. The minimum atomic E-state index is -0.114. The highest BCUT2D eigenvalue weighted by Gasteiger charge is 2.13. The van der Waals surface area contributed by atoms with Gasteiger partial charge in [0.05, 0.1) is 28.1 Å². The highest BCUT2D eigenvalue weighted by molar-refractivity contribution is 5.97. The van der Waals surface area contributed by atoms with Crippen LogP contribution in [0.4, 0.5) is 0 Å². The first-order chi connectivity index (χ1) is 11.4. The average Bonchev–Trinajstić information content (AvgIpc) is 2.92. The zero-order chi connectivity index (χ0) is 17.3. The lowest BCUT2D eigenvalue weighted by atomic mass is 10.1. The second-order valence-corrected chi connectivity index (χ2v) is 6.22. The molecule has 1 atom stereocenters. The van der Waals surface area contributed by atoms with Gasteiger partial charge in [0.15, 0.2) is 0 Å². The van der Waals surface area contributed by atoms with Crippen LogP contribution < -0.4 is 5.32 Å². The Morgan fingerprint density at radius 1 is 1.12 bits per heavy atom. The van der Waals surface area contributed by atoms with E-state index in [1.807, 2.05) is 39.8 Å². The fourth-order valence-electron chi connectivity index (χ4n) is 2.62. The number of aromatic amines is 1. The fourth-order valence-corrected chi connectivity index (χ4v) is 2.62. The molecular formula is C18H21N5O. The first-order valence-corrected chi connectivity index (χ1v) is 7.99. The van der Waals surface area contributed by atoms with Crippen molar-refractivity contribution in [1.82, 2.24) is 25.5 Å². The number of nitrogens with one attached hydrogen (secondary N) is 2. The molecule has 0 aliphatic carbocycles. The summed E-state index contributed by atoms with van der Waals surface area (Å²) >= 11 is 0. The summed E-state index contributed by atoms with van der Waals surface area (Å²) in [7, 11) is 0. The Morgan fingerprint density at radius 3 is 2.50 bits per heavy atom. The highest BCUT2D eigenvalue weighted by Crippen LogP contribution is 2.15. The van der Waals surface area contributed by atoms with E-state index in [2.05, 4.69) is 25.5 Å². The molecule has 0 unspecified atom stereocenters. The zero-order valence-corrected chi connectivity index (χ0v) is 14.3. The smallest absolute Gasteiger partial charge is 0.251 e. The van der Waals surface area contributed by atoms with Crippen LogP contribution in [0.15, 0.2) is 24.3 Å². The Morgan fingerprint density at radius 2 is 1.83 bits per heavy atom. The number of rotatable bonds is 4. The van der Waals surface area contributed by atoms with Crippen LogP contribution in [0.2, 0.25) is 0 Å². The summed E-state index contributed by atoms with van der Waals surface area (Å²) in [5.74, 6) is -0.114. The molecule has 2 N–H and O–H groups in total. The van der Waals surface area contributed by atoms with Gasteiger partial charge in [-0.2, -0.15) is 5.10 Å². The molecule has 1 amide bonds. The number of hydrogen-bond donors (Lipinski definition) is 2. The van der Waals surface area contributed by atoms with Gasteiger partial charge in [-0.05, 0) is 52.0 Å². The van der Waals surface area contributed by atoms with Gasteiger partial charge >= 0.3 is 0 Å². The average molecular weight is 323 g/mol. The van der Waals surface area contributed by atoms with E-state index >= 15 is 0 Å². The largest absolute Gasteiger partial charge is 0.349 e. The molecule has 0 spiro atoms. The first-order valence-electron chi connectivity index (χ1n) is 7.99. The predicted octanol–water partition coefficient (Wildman–Crippen LogP) is 2.64. The number of amides is 1. The van der Waals surface area contributed by atoms with Crippen molar-refractivity contribution in [3.8, 4) is 0 Å². The van der Waals surface area contributed by atoms with E-state index < -0.39 is 0 Å². The summed E-state index contributed by atoms with van der Waals surface area (Å²) in [5, 5.41) is 10.1. The Balaban J connectivity index is 1.74. The standard InChI is InChI=1S/C18H21N5O/c1-10(7-15-8-11(2)22-23-15)19-18(24)14-5-6-16-17(9-14)21-13(4)12(3)20-16/h5-6,8-10H,7H2,1-4H3,(H,19,24)(H,22,23)/t10-/m0/s1. The van der Waals surface area contributed by atoms with Gasteiger partial charge in [0.25, 0.3) is 5.91 Å². The molecule has 24 heavy (non-hydrogen) atoms. The van der Waals surface area contributed by atoms with E-state index in [1.54, 1.807) is 12.1 Å². The lowest BCUT2D eigenvalue weighted by molar-refractivity contribution is 0.0940. The summed E-state index contributed by atoms with van der Waals surface area (Å²) in [6.07, 6.45) is 0.682. The van der Waals surface area contributed by atoms with Gasteiger partial charge < -0.3 is 5.32 Å². The zero-order valence-electron chi connectivity index (χ0n) is 14.3. The van der Waals surface area contributed by atoms with Crippen molar-refractivity contribution < 1.29 is 4.79 Å². The Bertz CT molecular complexity index is 900. The third-order valence-electron chi connectivity index (χ3n) is 3.99. The number of aryl methyl sites for hydroxylation is 3. The topological polar surface area (TPSA) is 83.6 Å². The summed E-state index contributed by atoms with van der Waals surface area (Å²) < 4.78 is 0. The molecule has 2 heterocycles. The number of carbonyl (C=O) groups excluding carboxylic acids is 1. The predicted molar refractivity (Wildman–Crippen MR) is 93.0 cm³/mol. The minimum absolute atomic E-state index is 0.0123. The molecule has 0 saturated carbocycles. The van der Waals surface area contributed by atoms with Crippen molar-refractivity contribution in [2.24, 2.45) is 0 Å². The van der Waals surface area contributed by atoms with Gasteiger partial charge in [0, 0.05) is 23.7 Å². The van der Waals surface area contributed by atoms with Gasteiger partial charge in [-0.1, -0.05) is 0 Å². The van der Waals surface area contributed by atoms with Crippen LogP contribution >= 0.6 is 0 Å². The molecule has 2 aromatic heterocycles. The highest BCUT2D eigenvalue weighted by atomic mass is 16.1. The molecule has 0 aliphatic heterocycles. The van der Waals surface area contributed by atoms with Crippen molar-refractivity contribution >= 4 is 16.9 Å². The summed E-state index contributed by atoms with van der Waals surface area (Å²) in [5.41, 5.74) is 5.86. The van der Waals surface area contributed by atoms with Crippen LogP contribution in [0, 0.1) is 20.8 Å². The Labute approximate surface area is 140 Å². The third kappa shape index (κ3) is 3.42. The molecule has 0 fully saturated rings. The van der Waals surface area contributed by atoms with E-state index in [4.69, 9.17) is 0 Å². The second-order valence-electron chi connectivity index (χ2n) is 6.22. The number of aromatic nitrogens is 4. The number of benzene rings is 1. The number of fused-ring (bicyclic) bond motifs is 1. The number of H-pyrrole nitrogens is 1. The van der Waals surface area contributed by atoms with Crippen LogP contribution in [-0.2, 0) is 6.42 Å². The van der Waals surface area contributed by atoms with Gasteiger partial charge in [-0.25, -0.2) is 9.97 Å². The molecule has 0 radical (unpaired) electrons. The maximum Gasteiger partial charge on any atom is 0.251 e. The Hall–Kier alpha value is -2.76. The van der Waals surface area contributed by atoms with E-state index in [-0.39, 0.29) is 11.9 Å². The second kappa shape index (κ2) is 6.39. The molecule has 0 saturated heterocycles. The van der Waals surface area contributed by atoms with E-state index in [0.29, 0.717) is 12.0 Å². The first kappa shape index (κ1) is 16.1. The van der Waals surface area contributed by atoms with Crippen molar-refractivity contribution in [2.45, 2.75) is 40.2 Å². The summed E-state index contributed by atoms with van der Waals surface area (Å²) in [6, 6.07) is 7.38. The maximum absolute atomic E-state index is 12.5. The number of hydrogen-bond acceptors (Lipinski definition) is 4. The molecule has 0 aliphatic rings. The lowest BCUT2D eigenvalue weighted by Gasteiger charge is -2.13. The van der Waals surface area contributed by atoms with Crippen LogP contribution in [0.25, 0.3) is 11.0 Å². The van der Waals surface area contributed by atoms with Crippen LogP contribution in [0.5, 0.6) is 0 Å². The van der Waals surface area contributed by atoms with Gasteiger partial charge in [-0.15, -0.1) is 0 Å². The van der Waals surface area contributed by atoms with Gasteiger partial charge in [0.1, 0.15) is 0 Å². The molecule has 6 nitrogen and oxygen atoms in total. The fraction of sp³-hybridized carbons (Fsp3) is 0.333. The van der Waals surface area contributed by atoms with Crippen LogP contribution in [-0.4, -0.2) is 32.1 Å². The normalized spacial score (nSPS) is 12.3. The van der Waals surface area contributed by atoms with Crippen molar-refractivity contribution in [3.63, 3.8) is 0 Å². The van der Waals surface area contributed by atoms with Gasteiger partial charge in [-0.3, -0.25) is 9.89 Å². The molecule has 1 aromatic carbocycles. The maximum atomic E-state index is 12.5. The van der Waals surface area contributed by atoms with Gasteiger partial charge in [0.2, 0.25) is 0 Å². The third-order valence-corrected chi connectivity index (χ3v) is 3.99. The number of nitrogens with zero attached hydrogens (tertiary/aromatic N) is 3. The van der Waals surface area contributed by atoms with Crippen molar-refractivity contribution in [2.75, 3.05) is 0 Å².